The zero-order valence-corrected chi connectivity index (χ0v) is 9.51. The van der Waals surface area contributed by atoms with Crippen LogP contribution in [0, 0.1) is 0 Å². The second-order valence-electron chi connectivity index (χ2n) is 2.58. The summed E-state index contributed by atoms with van der Waals surface area (Å²) in [6.45, 7) is 5.06. The van der Waals surface area contributed by atoms with E-state index in [0.717, 1.165) is 12.2 Å². The molecule has 0 aromatic rings. The van der Waals surface area contributed by atoms with Crippen LogP contribution in [0.1, 0.15) is 20.3 Å². The fraction of sp³-hybridized carbons (Fsp3) is 0.889. The van der Waals surface area contributed by atoms with E-state index in [2.05, 4.69) is 0 Å². The van der Waals surface area contributed by atoms with Crippen molar-refractivity contribution >= 4 is 17.7 Å². The largest absolute Gasteiger partial charge is 0.481 e. The number of hydrogen-bond acceptors (Lipinski definition) is 4. The SMILES string of the molecule is CCOC(CCSCC(=O)O)OCC. The first-order valence-corrected chi connectivity index (χ1v) is 5.88. The lowest BCUT2D eigenvalue weighted by atomic mass is 10.5. The third kappa shape index (κ3) is 8.34. The van der Waals surface area contributed by atoms with Crippen molar-refractivity contribution in [1.29, 1.82) is 0 Å². The van der Waals surface area contributed by atoms with Gasteiger partial charge in [-0.2, -0.15) is 0 Å². The molecule has 0 heterocycles. The predicted molar refractivity (Wildman–Crippen MR) is 56.6 cm³/mol. The minimum atomic E-state index is -0.778. The van der Waals surface area contributed by atoms with Crippen LogP contribution in [-0.2, 0) is 14.3 Å². The lowest BCUT2D eigenvalue weighted by Gasteiger charge is -2.15. The predicted octanol–water partition coefficient (Wildman–Crippen LogP) is 1.59. The third-order valence-corrected chi connectivity index (χ3v) is 2.40. The number of thioether (sulfide) groups is 1. The maximum Gasteiger partial charge on any atom is 0.313 e. The molecule has 5 heteroatoms. The van der Waals surface area contributed by atoms with Crippen molar-refractivity contribution in [3.05, 3.63) is 0 Å². The van der Waals surface area contributed by atoms with Crippen LogP contribution in [0.15, 0.2) is 0 Å². The van der Waals surface area contributed by atoms with Crippen molar-refractivity contribution in [3.63, 3.8) is 0 Å². The molecule has 0 aliphatic heterocycles. The van der Waals surface area contributed by atoms with Crippen molar-refractivity contribution in [2.75, 3.05) is 24.7 Å². The fourth-order valence-electron chi connectivity index (χ4n) is 0.926. The normalized spacial score (nSPS) is 10.8. The van der Waals surface area contributed by atoms with Gasteiger partial charge in [0, 0.05) is 19.6 Å². The molecule has 0 rings (SSSR count). The molecule has 1 N–H and O–H groups in total. The van der Waals surface area contributed by atoms with Crippen molar-refractivity contribution < 1.29 is 19.4 Å². The maximum absolute atomic E-state index is 10.2. The number of carbonyl (C=O) groups is 1. The van der Waals surface area contributed by atoms with Crippen LogP contribution >= 0.6 is 11.8 Å². The number of carboxylic acids is 1. The third-order valence-electron chi connectivity index (χ3n) is 1.43. The molecule has 0 spiro atoms. The highest BCUT2D eigenvalue weighted by Gasteiger charge is 2.07. The zero-order valence-electron chi connectivity index (χ0n) is 8.69. The van der Waals surface area contributed by atoms with Crippen LogP contribution < -0.4 is 0 Å². The molecule has 0 saturated heterocycles. The van der Waals surface area contributed by atoms with Crippen molar-refractivity contribution in [2.24, 2.45) is 0 Å². The van der Waals surface area contributed by atoms with Crippen LogP contribution in [0.25, 0.3) is 0 Å². The number of aliphatic carboxylic acids is 1. The molecule has 0 atom stereocenters. The average Bonchev–Trinajstić information content (AvgIpc) is 2.12. The molecule has 0 aliphatic rings. The summed E-state index contributed by atoms with van der Waals surface area (Å²) in [4.78, 5) is 10.2. The Morgan fingerprint density at radius 2 is 1.93 bits per heavy atom. The van der Waals surface area contributed by atoms with Gasteiger partial charge in [0.05, 0.1) is 5.75 Å². The zero-order chi connectivity index (χ0) is 10.8. The van der Waals surface area contributed by atoms with E-state index in [1.165, 1.54) is 11.8 Å². The average molecular weight is 222 g/mol. The molecule has 14 heavy (non-hydrogen) atoms. The summed E-state index contributed by atoms with van der Waals surface area (Å²) in [5, 5.41) is 8.40. The highest BCUT2D eigenvalue weighted by Crippen LogP contribution is 2.08. The lowest BCUT2D eigenvalue weighted by molar-refractivity contribution is -0.136. The van der Waals surface area contributed by atoms with E-state index in [-0.39, 0.29) is 12.0 Å². The number of rotatable bonds is 9. The summed E-state index contributed by atoms with van der Waals surface area (Å²) in [5.41, 5.74) is 0. The van der Waals surface area contributed by atoms with E-state index in [9.17, 15) is 4.79 Å². The van der Waals surface area contributed by atoms with Gasteiger partial charge in [-0.25, -0.2) is 0 Å². The topological polar surface area (TPSA) is 55.8 Å². The maximum atomic E-state index is 10.2. The first kappa shape index (κ1) is 13.7. The van der Waals surface area contributed by atoms with Crippen LogP contribution in [0.2, 0.25) is 0 Å². The first-order valence-electron chi connectivity index (χ1n) is 4.73. The Bertz CT molecular complexity index is 146. The standard InChI is InChI=1S/C9H18O4S/c1-3-12-9(13-4-2)5-6-14-7-8(10)11/h9H,3-7H2,1-2H3,(H,10,11). The molecule has 0 aromatic carbocycles. The molecule has 84 valence electrons. The van der Waals surface area contributed by atoms with Crippen LogP contribution in [0.4, 0.5) is 0 Å². The van der Waals surface area contributed by atoms with Crippen LogP contribution in [0.5, 0.6) is 0 Å². The Hall–Kier alpha value is -0.260. The Kier molecular flexibility index (Phi) is 9.13. The van der Waals surface area contributed by atoms with Gasteiger partial charge in [0.1, 0.15) is 0 Å². The summed E-state index contributed by atoms with van der Waals surface area (Å²) in [7, 11) is 0. The van der Waals surface area contributed by atoms with Gasteiger partial charge < -0.3 is 14.6 Å². The summed E-state index contributed by atoms with van der Waals surface area (Å²) < 4.78 is 10.6. The lowest BCUT2D eigenvalue weighted by Crippen LogP contribution is -2.18. The highest BCUT2D eigenvalue weighted by atomic mass is 32.2. The van der Waals surface area contributed by atoms with E-state index in [1.807, 2.05) is 13.8 Å². The van der Waals surface area contributed by atoms with E-state index in [4.69, 9.17) is 14.6 Å². The van der Waals surface area contributed by atoms with Crippen LogP contribution in [0.3, 0.4) is 0 Å². The number of carboxylic acid groups (broad SMARTS) is 1. The van der Waals surface area contributed by atoms with Crippen molar-refractivity contribution in [1.82, 2.24) is 0 Å². The molecule has 0 saturated carbocycles. The minimum absolute atomic E-state index is 0.144. The van der Waals surface area contributed by atoms with Crippen LogP contribution in [-0.4, -0.2) is 42.1 Å². The number of hydrogen-bond donors (Lipinski definition) is 1. The summed E-state index contributed by atoms with van der Waals surface area (Å²) >= 11 is 1.38. The van der Waals surface area contributed by atoms with E-state index < -0.39 is 5.97 Å². The minimum Gasteiger partial charge on any atom is -0.481 e. The Balaban J connectivity index is 3.44. The van der Waals surface area contributed by atoms with Crippen molar-refractivity contribution in [2.45, 2.75) is 26.6 Å². The Labute approximate surface area is 89.0 Å². The molecule has 0 bridgehead atoms. The second-order valence-corrected chi connectivity index (χ2v) is 3.68. The smallest absolute Gasteiger partial charge is 0.313 e. The van der Waals surface area contributed by atoms with Gasteiger partial charge in [0.15, 0.2) is 6.29 Å². The monoisotopic (exact) mass is 222 g/mol. The van der Waals surface area contributed by atoms with Gasteiger partial charge in [-0.15, -0.1) is 11.8 Å². The molecular weight excluding hydrogens is 204 g/mol. The number of ether oxygens (including phenoxy) is 2. The van der Waals surface area contributed by atoms with Gasteiger partial charge in [-0.05, 0) is 19.6 Å². The molecule has 0 fully saturated rings. The summed E-state index contributed by atoms with van der Waals surface area (Å²) in [6, 6.07) is 0. The highest BCUT2D eigenvalue weighted by molar-refractivity contribution is 7.99. The molecule has 0 unspecified atom stereocenters. The van der Waals surface area contributed by atoms with E-state index in [1.54, 1.807) is 0 Å². The molecule has 0 aliphatic carbocycles. The van der Waals surface area contributed by atoms with Gasteiger partial charge in [0.25, 0.3) is 0 Å². The van der Waals surface area contributed by atoms with Gasteiger partial charge >= 0.3 is 5.97 Å². The molecule has 0 aromatic heterocycles. The molecular formula is C9H18O4S. The van der Waals surface area contributed by atoms with Gasteiger partial charge in [-0.3, -0.25) is 4.79 Å². The van der Waals surface area contributed by atoms with E-state index >= 15 is 0 Å². The Morgan fingerprint density at radius 1 is 1.36 bits per heavy atom. The van der Waals surface area contributed by atoms with Gasteiger partial charge in [0.2, 0.25) is 0 Å². The van der Waals surface area contributed by atoms with E-state index in [0.29, 0.717) is 13.2 Å². The van der Waals surface area contributed by atoms with Gasteiger partial charge in [-0.1, -0.05) is 0 Å². The fourth-order valence-corrected chi connectivity index (χ4v) is 1.60. The molecule has 0 radical (unpaired) electrons. The molecule has 0 amide bonds. The summed E-state index contributed by atoms with van der Waals surface area (Å²) in [6.07, 6.45) is 0.547. The Morgan fingerprint density at radius 3 is 2.36 bits per heavy atom. The second kappa shape index (κ2) is 9.30. The first-order chi connectivity index (χ1) is 6.70. The quantitative estimate of drug-likeness (QED) is 0.474. The molecule has 4 nitrogen and oxygen atoms in total. The summed E-state index contributed by atoms with van der Waals surface area (Å²) in [5.74, 6) is 0.112. The van der Waals surface area contributed by atoms with Crippen molar-refractivity contribution in [3.8, 4) is 0 Å².